The Labute approximate surface area is 140 Å². The molecule has 0 aliphatic rings. The van der Waals surface area contributed by atoms with Crippen LogP contribution in [0.5, 0.6) is 5.75 Å². The van der Waals surface area contributed by atoms with Crippen molar-refractivity contribution in [1.82, 2.24) is 5.32 Å². The van der Waals surface area contributed by atoms with E-state index in [9.17, 15) is 0 Å². The first-order valence-corrected chi connectivity index (χ1v) is 8.91. The van der Waals surface area contributed by atoms with E-state index in [0.29, 0.717) is 6.04 Å². The Morgan fingerprint density at radius 2 is 2.05 bits per heavy atom. The Morgan fingerprint density at radius 1 is 1.25 bits per heavy atom. The number of halogens is 2. The molecule has 1 aromatic carbocycles. The van der Waals surface area contributed by atoms with E-state index in [1.165, 1.54) is 14.9 Å². The van der Waals surface area contributed by atoms with Crippen LogP contribution in [0.4, 0.5) is 0 Å². The van der Waals surface area contributed by atoms with E-state index < -0.39 is 0 Å². The molecule has 0 bridgehead atoms. The molecule has 1 atom stereocenters. The smallest absolute Gasteiger partial charge is 0.133 e. The zero-order valence-corrected chi connectivity index (χ0v) is 15.4. The van der Waals surface area contributed by atoms with Crippen LogP contribution < -0.4 is 10.1 Å². The van der Waals surface area contributed by atoms with Crippen molar-refractivity contribution in [3.05, 3.63) is 49.0 Å². The first-order valence-electron chi connectivity index (χ1n) is 6.44. The second kappa shape index (κ2) is 7.59. The molecule has 20 heavy (non-hydrogen) atoms. The van der Waals surface area contributed by atoms with Gasteiger partial charge >= 0.3 is 0 Å². The molecule has 1 heterocycles. The lowest BCUT2D eigenvalue weighted by Crippen LogP contribution is -2.22. The molecule has 1 unspecified atom stereocenters. The van der Waals surface area contributed by atoms with Crippen molar-refractivity contribution in [3.8, 4) is 5.75 Å². The first-order chi connectivity index (χ1) is 9.65. The van der Waals surface area contributed by atoms with Crippen molar-refractivity contribution in [2.75, 3.05) is 13.7 Å². The van der Waals surface area contributed by atoms with Gasteiger partial charge in [0.15, 0.2) is 0 Å². The quantitative estimate of drug-likeness (QED) is 0.698. The molecule has 0 aliphatic carbocycles. The summed E-state index contributed by atoms with van der Waals surface area (Å²) in [5.74, 6) is 0.867. The van der Waals surface area contributed by atoms with E-state index in [4.69, 9.17) is 4.74 Å². The Balaban J connectivity index is 2.20. The van der Waals surface area contributed by atoms with Crippen LogP contribution in [-0.2, 0) is 6.42 Å². The summed E-state index contributed by atoms with van der Waals surface area (Å²) in [7, 11) is 1.68. The Kier molecular flexibility index (Phi) is 6.08. The lowest BCUT2D eigenvalue weighted by atomic mass is 10.0. The second-order valence-corrected chi connectivity index (χ2v) is 7.07. The van der Waals surface area contributed by atoms with Crippen molar-refractivity contribution < 1.29 is 4.74 Å². The molecule has 0 spiro atoms. The van der Waals surface area contributed by atoms with Gasteiger partial charge in [0.2, 0.25) is 0 Å². The average molecular weight is 419 g/mol. The van der Waals surface area contributed by atoms with E-state index >= 15 is 0 Å². The summed E-state index contributed by atoms with van der Waals surface area (Å²) < 4.78 is 7.46. The highest BCUT2D eigenvalue weighted by Crippen LogP contribution is 2.33. The molecule has 1 aromatic heterocycles. The number of hydrogen-bond donors (Lipinski definition) is 1. The molecular formula is C15H17Br2NOS. The third-order valence-corrected chi connectivity index (χ3v) is 5.67. The van der Waals surface area contributed by atoms with Crippen LogP contribution in [0, 0.1) is 0 Å². The van der Waals surface area contributed by atoms with Gasteiger partial charge in [-0.2, -0.15) is 0 Å². The predicted molar refractivity (Wildman–Crippen MR) is 92.8 cm³/mol. The Morgan fingerprint density at radius 3 is 2.60 bits per heavy atom. The third-order valence-electron chi connectivity index (χ3n) is 3.07. The Bertz CT molecular complexity index is 571. The van der Waals surface area contributed by atoms with Gasteiger partial charge in [-0.05, 0) is 74.0 Å². The number of likely N-dealkylation sites (N-methyl/N-ethyl adjacent to an activating group) is 1. The van der Waals surface area contributed by atoms with Crippen molar-refractivity contribution in [2.45, 2.75) is 19.4 Å². The van der Waals surface area contributed by atoms with Crippen LogP contribution in [0.1, 0.15) is 23.4 Å². The van der Waals surface area contributed by atoms with E-state index in [-0.39, 0.29) is 0 Å². The van der Waals surface area contributed by atoms with E-state index in [0.717, 1.165) is 23.2 Å². The molecule has 0 amide bonds. The van der Waals surface area contributed by atoms with Gasteiger partial charge in [0, 0.05) is 15.4 Å². The van der Waals surface area contributed by atoms with E-state index in [1.54, 1.807) is 18.4 Å². The largest absolute Gasteiger partial charge is 0.496 e. The van der Waals surface area contributed by atoms with Gasteiger partial charge in [-0.15, -0.1) is 11.3 Å². The standard InChI is InChI=1S/C15H17Br2NOS/c1-3-18-13(15-11(16)6-7-20-15)9-10-4-5-14(19-2)12(17)8-10/h4-8,13,18H,3,9H2,1-2H3. The van der Waals surface area contributed by atoms with Crippen molar-refractivity contribution in [1.29, 1.82) is 0 Å². The normalized spacial score (nSPS) is 12.4. The van der Waals surface area contributed by atoms with Gasteiger partial charge in [0.05, 0.1) is 11.6 Å². The second-order valence-electron chi connectivity index (χ2n) is 4.42. The third kappa shape index (κ3) is 3.85. The molecule has 5 heteroatoms. The number of rotatable bonds is 6. The van der Waals surface area contributed by atoms with Crippen molar-refractivity contribution >= 4 is 43.2 Å². The highest BCUT2D eigenvalue weighted by molar-refractivity contribution is 9.10. The van der Waals surface area contributed by atoms with Crippen LogP contribution in [0.15, 0.2) is 38.6 Å². The van der Waals surface area contributed by atoms with Crippen LogP contribution in [-0.4, -0.2) is 13.7 Å². The molecular weight excluding hydrogens is 402 g/mol. The monoisotopic (exact) mass is 417 g/mol. The van der Waals surface area contributed by atoms with Crippen LogP contribution in [0.25, 0.3) is 0 Å². The molecule has 2 nitrogen and oxygen atoms in total. The molecule has 1 N–H and O–H groups in total. The van der Waals surface area contributed by atoms with Gasteiger partial charge in [-0.3, -0.25) is 0 Å². The lowest BCUT2D eigenvalue weighted by Gasteiger charge is -2.18. The van der Waals surface area contributed by atoms with Gasteiger partial charge < -0.3 is 10.1 Å². The van der Waals surface area contributed by atoms with Crippen LogP contribution in [0.3, 0.4) is 0 Å². The molecule has 0 fully saturated rings. The number of methoxy groups -OCH3 is 1. The summed E-state index contributed by atoms with van der Waals surface area (Å²) in [5.41, 5.74) is 1.28. The minimum atomic E-state index is 0.328. The van der Waals surface area contributed by atoms with Gasteiger partial charge in [0.1, 0.15) is 5.75 Å². The summed E-state index contributed by atoms with van der Waals surface area (Å²) >= 11 is 8.96. The SMILES string of the molecule is CCNC(Cc1ccc(OC)c(Br)c1)c1sccc1Br. The number of ether oxygens (including phenoxy) is 1. The minimum Gasteiger partial charge on any atom is -0.496 e. The maximum absolute atomic E-state index is 5.28. The number of benzene rings is 1. The summed E-state index contributed by atoms with van der Waals surface area (Å²) in [6.45, 7) is 3.09. The highest BCUT2D eigenvalue weighted by atomic mass is 79.9. The molecule has 108 valence electrons. The summed E-state index contributed by atoms with van der Waals surface area (Å²) in [5, 5.41) is 5.67. The maximum Gasteiger partial charge on any atom is 0.133 e. The van der Waals surface area contributed by atoms with Gasteiger partial charge in [0.25, 0.3) is 0 Å². The van der Waals surface area contributed by atoms with E-state index in [1.807, 2.05) is 6.07 Å². The van der Waals surface area contributed by atoms with Gasteiger partial charge in [-0.25, -0.2) is 0 Å². The lowest BCUT2D eigenvalue weighted by molar-refractivity contribution is 0.412. The molecule has 0 saturated heterocycles. The number of thiophene rings is 1. The minimum absolute atomic E-state index is 0.328. The fourth-order valence-electron chi connectivity index (χ4n) is 2.13. The predicted octanol–water partition coefficient (Wildman–Crippen LogP) is 5.18. The Hall–Kier alpha value is -0.360. The van der Waals surface area contributed by atoms with Crippen LogP contribution in [0.2, 0.25) is 0 Å². The van der Waals surface area contributed by atoms with Crippen molar-refractivity contribution in [2.24, 2.45) is 0 Å². The molecule has 2 aromatic rings. The van der Waals surface area contributed by atoms with Gasteiger partial charge in [-0.1, -0.05) is 13.0 Å². The fraction of sp³-hybridized carbons (Fsp3) is 0.333. The number of nitrogens with one attached hydrogen (secondary N) is 1. The summed E-state index contributed by atoms with van der Waals surface area (Å²) in [4.78, 5) is 1.35. The summed E-state index contributed by atoms with van der Waals surface area (Å²) in [6, 6.07) is 8.69. The zero-order valence-electron chi connectivity index (χ0n) is 11.5. The first kappa shape index (κ1) is 16.0. The van der Waals surface area contributed by atoms with E-state index in [2.05, 4.69) is 67.7 Å². The topological polar surface area (TPSA) is 21.3 Å². The zero-order chi connectivity index (χ0) is 14.5. The average Bonchev–Trinajstić information content (AvgIpc) is 2.85. The molecule has 2 rings (SSSR count). The fourth-order valence-corrected chi connectivity index (χ4v) is 4.44. The van der Waals surface area contributed by atoms with Crippen molar-refractivity contribution in [3.63, 3.8) is 0 Å². The maximum atomic E-state index is 5.28. The molecule has 0 radical (unpaired) electrons. The molecule has 0 saturated carbocycles. The summed E-state index contributed by atoms with van der Waals surface area (Å²) in [6.07, 6.45) is 0.954. The number of hydrogen-bond acceptors (Lipinski definition) is 3. The molecule has 0 aliphatic heterocycles. The highest BCUT2D eigenvalue weighted by Gasteiger charge is 2.16. The van der Waals surface area contributed by atoms with Crippen LogP contribution >= 0.6 is 43.2 Å².